The summed E-state index contributed by atoms with van der Waals surface area (Å²) in [6.45, 7) is 1.24. The van der Waals surface area contributed by atoms with E-state index in [1.807, 2.05) is 30.3 Å². The Kier molecular flexibility index (Phi) is 5.20. The summed E-state index contributed by atoms with van der Waals surface area (Å²) in [4.78, 5) is 11.6. The topological polar surface area (TPSA) is 63.5 Å². The van der Waals surface area contributed by atoms with Gasteiger partial charge in [0.05, 0.1) is 26.5 Å². The van der Waals surface area contributed by atoms with Crippen LogP contribution in [0.25, 0.3) is 0 Å². The first-order valence-electron chi connectivity index (χ1n) is 6.41. The number of nitrogens with one attached hydrogen (secondary N) is 2. The Morgan fingerprint density at radius 1 is 1.20 bits per heavy atom. The first-order valence-corrected chi connectivity index (χ1v) is 6.41. The molecule has 5 heteroatoms. The van der Waals surface area contributed by atoms with E-state index in [0.717, 1.165) is 17.1 Å². The number of methoxy groups -OCH3 is 1. The largest absolute Gasteiger partial charge is 0.496 e. The molecular weight excluding hydrogens is 256 g/mol. The molecule has 1 amide bonds. The Hall–Kier alpha value is -2.27. The smallest absolute Gasteiger partial charge is 0.234 e. The molecule has 0 saturated carbocycles. The Balaban J connectivity index is 1.71. The van der Waals surface area contributed by atoms with Crippen molar-refractivity contribution < 1.29 is 13.9 Å². The second-order valence-electron chi connectivity index (χ2n) is 4.27. The highest BCUT2D eigenvalue weighted by molar-refractivity contribution is 5.77. The van der Waals surface area contributed by atoms with Gasteiger partial charge in [0, 0.05) is 12.1 Å². The molecule has 0 aliphatic rings. The van der Waals surface area contributed by atoms with E-state index in [0.29, 0.717) is 13.1 Å². The quantitative estimate of drug-likeness (QED) is 0.806. The molecule has 0 fully saturated rings. The van der Waals surface area contributed by atoms with Gasteiger partial charge in [-0.25, -0.2) is 0 Å². The summed E-state index contributed by atoms with van der Waals surface area (Å²) >= 11 is 0. The number of hydrogen-bond donors (Lipinski definition) is 2. The van der Waals surface area contributed by atoms with Crippen LogP contribution < -0.4 is 15.4 Å². The predicted octanol–water partition coefficient (Wildman–Crippen LogP) is 1.69. The number of carbonyl (C=O) groups is 1. The van der Waals surface area contributed by atoms with Gasteiger partial charge < -0.3 is 19.8 Å². The second-order valence-corrected chi connectivity index (χ2v) is 4.27. The number of rotatable bonds is 7. The molecule has 2 aromatic rings. The van der Waals surface area contributed by atoms with Gasteiger partial charge in [0.2, 0.25) is 5.91 Å². The average molecular weight is 274 g/mol. The van der Waals surface area contributed by atoms with Crippen LogP contribution in [0.3, 0.4) is 0 Å². The maximum absolute atomic E-state index is 11.6. The van der Waals surface area contributed by atoms with E-state index in [1.54, 1.807) is 19.4 Å². The van der Waals surface area contributed by atoms with Crippen molar-refractivity contribution in [2.45, 2.75) is 13.1 Å². The van der Waals surface area contributed by atoms with Gasteiger partial charge in [-0.05, 0) is 18.2 Å². The predicted molar refractivity (Wildman–Crippen MR) is 75.3 cm³/mol. The maximum Gasteiger partial charge on any atom is 0.234 e. The lowest BCUT2D eigenvalue weighted by Crippen LogP contribution is -2.33. The van der Waals surface area contributed by atoms with Crippen LogP contribution in [0.1, 0.15) is 11.3 Å². The zero-order chi connectivity index (χ0) is 14.2. The fourth-order valence-corrected chi connectivity index (χ4v) is 1.82. The highest BCUT2D eigenvalue weighted by atomic mass is 16.5. The molecule has 0 spiro atoms. The van der Waals surface area contributed by atoms with E-state index in [9.17, 15) is 4.79 Å². The minimum Gasteiger partial charge on any atom is -0.496 e. The molecule has 0 aliphatic carbocycles. The van der Waals surface area contributed by atoms with Gasteiger partial charge >= 0.3 is 0 Å². The highest BCUT2D eigenvalue weighted by Gasteiger charge is 2.04. The normalized spacial score (nSPS) is 10.2. The molecule has 20 heavy (non-hydrogen) atoms. The van der Waals surface area contributed by atoms with Crippen molar-refractivity contribution in [3.05, 3.63) is 54.0 Å². The second kappa shape index (κ2) is 7.35. The number of carbonyl (C=O) groups excluding carboxylic acids is 1. The summed E-state index contributed by atoms with van der Waals surface area (Å²) in [7, 11) is 1.63. The monoisotopic (exact) mass is 274 g/mol. The standard InChI is InChI=1S/C15H18N2O3/c1-19-14-7-3-2-5-12(14)9-16-11-15(18)17-10-13-6-4-8-20-13/h2-8,16H,9-11H2,1H3,(H,17,18). The van der Waals surface area contributed by atoms with E-state index in [-0.39, 0.29) is 12.5 Å². The van der Waals surface area contributed by atoms with Crippen molar-refractivity contribution in [1.29, 1.82) is 0 Å². The van der Waals surface area contributed by atoms with Gasteiger partial charge in [-0.3, -0.25) is 4.79 Å². The number of furan rings is 1. The Morgan fingerprint density at radius 3 is 2.80 bits per heavy atom. The van der Waals surface area contributed by atoms with Crippen molar-refractivity contribution >= 4 is 5.91 Å². The summed E-state index contributed by atoms with van der Waals surface area (Å²) < 4.78 is 10.4. The molecule has 0 atom stereocenters. The third kappa shape index (κ3) is 4.13. The van der Waals surface area contributed by atoms with Crippen LogP contribution in [0, 0.1) is 0 Å². The van der Waals surface area contributed by atoms with Crippen LogP contribution in [0.5, 0.6) is 5.75 Å². The maximum atomic E-state index is 11.6. The van der Waals surface area contributed by atoms with Gasteiger partial charge in [0.1, 0.15) is 11.5 Å². The summed E-state index contributed by atoms with van der Waals surface area (Å²) in [5.41, 5.74) is 1.02. The first-order chi connectivity index (χ1) is 9.79. The highest BCUT2D eigenvalue weighted by Crippen LogP contribution is 2.16. The Labute approximate surface area is 117 Å². The van der Waals surface area contributed by atoms with Crippen LogP contribution >= 0.6 is 0 Å². The van der Waals surface area contributed by atoms with Crippen molar-refractivity contribution in [3.63, 3.8) is 0 Å². The van der Waals surface area contributed by atoms with Crippen LogP contribution in [0.4, 0.5) is 0 Å². The van der Waals surface area contributed by atoms with E-state index < -0.39 is 0 Å². The molecular formula is C15H18N2O3. The fraction of sp³-hybridized carbons (Fsp3) is 0.267. The molecule has 0 unspecified atom stereocenters. The number of para-hydroxylation sites is 1. The molecule has 1 heterocycles. The summed E-state index contributed by atoms with van der Waals surface area (Å²) in [6.07, 6.45) is 1.58. The number of hydrogen-bond acceptors (Lipinski definition) is 4. The first kappa shape index (κ1) is 14.1. The molecule has 0 aliphatic heterocycles. The van der Waals surface area contributed by atoms with Gasteiger partial charge in [-0.2, -0.15) is 0 Å². The number of benzene rings is 1. The van der Waals surface area contributed by atoms with Crippen molar-refractivity contribution in [2.75, 3.05) is 13.7 Å². The lowest BCUT2D eigenvalue weighted by Gasteiger charge is -2.09. The van der Waals surface area contributed by atoms with Gasteiger partial charge in [-0.1, -0.05) is 18.2 Å². The Bertz CT molecular complexity index is 538. The minimum atomic E-state index is -0.0729. The van der Waals surface area contributed by atoms with Crippen molar-refractivity contribution in [2.24, 2.45) is 0 Å². The zero-order valence-corrected chi connectivity index (χ0v) is 11.4. The SMILES string of the molecule is COc1ccccc1CNCC(=O)NCc1ccco1. The van der Waals surface area contributed by atoms with Gasteiger partial charge in [0.15, 0.2) is 0 Å². The summed E-state index contributed by atoms with van der Waals surface area (Å²) in [5, 5.41) is 5.86. The molecule has 0 saturated heterocycles. The molecule has 5 nitrogen and oxygen atoms in total. The summed E-state index contributed by atoms with van der Waals surface area (Å²) in [5.74, 6) is 1.48. The summed E-state index contributed by atoms with van der Waals surface area (Å²) in [6, 6.07) is 11.3. The van der Waals surface area contributed by atoms with Crippen molar-refractivity contribution in [1.82, 2.24) is 10.6 Å². The fourth-order valence-electron chi connectivity index (χ4n) is 1.82. The van der Waals surface area contributed by atoms with Crippen LogP contribution in [-0.2, 0) is 17.9 Å². The molecule has 106 valence electrons. The number of ether oxygens (including phenoxy) is 1. The molecule has 1 aromatic heterocycles. The third-order valence-electron chi connectivity index (χ3n) is 2.83. The molecule has 2 N–H and O–H groups in total. The molecule has 0 radical (unpaired) electrons. The average Bonchev–Trinajstić information content (AvgIpc) is 2.99. The lowest BCUT2D eigenvalue weighted by molar-refractivity contribution is -0.120. The van der Waals surface area contributed by atoms with Crippen LogP contribution in [0.2, 0.25) is 0 Å². The van der Waals surface area contributed by atoms with Crippen LogP contribution in [-0.4, -0.2) is 19.6 Å². The minimum absolute atomic E-state index is 0.0729. The van der Waals surface area contributed by atoms with E-state index in [1.165, 1.54) is 0 Å². The number of amides is 1. The lowest BCUT2D eigenvalue weighted by atomic mass is 10.2. The van der Waals surface area contributed by atoms with E-state index in [2.05, 4.69) is 10.6 Å². The van der Waals surface area contributed by atoms with Crippen molar-refractivity contribution in [3.8, 4) is 5.75 Å². The third-order valence-corrected chi connectivity index (χ3v) is 2.83. The molecule has 0 bridgehead atoms. The van der Waals surface area contributed by atoms with Gasteiger partial charge in [-0.15, -0.1) is 0 Å². The van der Waals surface area contributed by atoms with E-state index in [4.69, 9.17) is 9.15 Å². The van der Waals surface area contributed by atoms with Crippen LogP contribution in [0.15, 0.2) is 47.1 Å². The zero-order valence-electron chi connectivity index (χ0n) is 11.4. The molecule has 1 aromatic carbocycles. The van der Waals surface area contributed by atoms with Gasteiger partial charge in [0.25, 0.3) is 0 Å². The van der Waals surface area contributed by atoms with E-state index >= 15 is 0 Å². The molecule has 2 rings (SSSR count). The Morgan fingerprint density at radius 2 is 2.05 bits per heavy atom.